The molecule has 0 saturated carbocycles. The van der Waals surface area contributed by atoms with E-state index in [0.29, 0.717) is 29.4 Å². The Morgan fingerprint density at radius 2 is 1.75 bits per heavy atom. The van der Waals surface area contributed by atoms with Gasteiger partial charge in [-0.1, -0.05) is 24.3 Å². The molecule has 3 aromatic rings. The van der Waals surface area contributed by atoms with Crippen LogP contribution in [0.2, 0.25) is 0 Å². The summed E-state index contributed by atoms with van der Waals surface area (Å²) in [6.07, 6.45) is 0. The Kier molecular flexibility index (Phi) is 6.06. The second-order valence-corrected chi connectivity index (χ2v) is 6.17. The molecule has 0 atom stereocenters. The van der Waals surface area contributed by atoms with Crippen molar-refractivity contribution in [3.05, 3.63) is 72.1 Å². The lowest BCUT2D eigenvalue weighted by atomic mass is 10.2. The number of aromatic nitrogens is 2. The summed E-state index contributed by atoms with van der Waals surface area (Å²) in [6.45, 7) is 4.25. The zero-order valence-corrected chi connectivity index (χ0v) is 15.8. The quantitative estimate of drug-likeness (QED) is 0.659. The Morgan fingerprint density at radius 1 is 1.00 bits per heavy atom. The minimum atomic E-state index is -0.261. The van der Waals surface area contributed by atoms with Crippen LogP contribution in [0.25, 0.3) is 0 Å². The summed E-state index contributed by atoms with van der Waals surface area (Å²) in [5.41, 5.74) is 2.56. The van der Waals surface area contributed by atoms with Gasteiger partial charge >= 0.3 is 0 Å². The molecule has 2 amide bonds. The van der Waals surface area contributed by atoms with Gasteiger partial charge in [-0.15, -0.1) is 0 Å². The van der Waals surface area contributed by atoms with Crippen molar-refractivity contribution >= 4 is 23.2 Å². The highest BCUT2D eigenvalue weighted by Crippen LogP contribution is 2.18. The summed E-state index contributed by atoms with van der Waals surface area (Å²) in [5.74, 6) is -0.0226. The number of carbonyl (C=O) groups excluding carboxylic acids is 2. The first kappa shape index (κ1) is 19.2. The van der Waals surface area contributed by atoms with E-state index < -0.39 is 0 Å². The molecule has 2 N–H and O–H groups in total. The molecule has 0 bridgehead atoms. The molecule has 28 heavy (non-hydrogen) atoms. The summed E-state index contributed by atoms with van der Waals surface area (Å²) < 4.78 is 7.19. The monoisotopic (exact) mass is 378 g/mol. The number of aryl methyl sites for hydroxylation is 2. The van der Waals surface area contributed by atoms with Gasteiger partial charge in [0.25, 0.3) is 11.8 Å². The molecule has 0 unspecified atom stereocenters. The van der Waals surface area contributed by atoms with E-state index in [2.05, 4.69) is 15.7 Å². The molecule has 0 aliphatic rings. The number of amides is 2. The molecule has 0 aliphatic carbocycles. The predicted octanol–water partition coefficient (Wildman–Crippen LogP) is 3.48. The number of nitrogens with zero attached hydrogens (tertiary/aromatic N) is 2. The minimum Gasteiger partial charge on any atom is -0.484 e. The number of benzene rings is 2. The van der Waals surface area contributed by atoms with Gasteiger partial charge in [0.2, 0.25) is 0 Å². The number of hydrogen-bond donors (Lipinski definition) is 2. The van der Waals surface area contributed by atoms with Crippen LogP contribution in [0.3, 0.4) is 0 Å². The number of hydrogen-bond acceptors (Lipinski definition) is 4. The number of carbonyl (C=O) groups is 2. The number of para-hydroxylation sites is 1. The van der Waals surface area contributed by atoms with Crippen LogP contribution in [0, 0.1) is 6.92 Å². The summed E-state index contributed by atoms with van der Waals surface area (Å²) in [6, 6.07) is 17.8. The van der Waals surface area contributed by atoms with Crippen LogP contribution in [0.15, 0.2) is 60.7 Å². The molecule has 0 spiro atoms. The van der Waals surface area contributed by atoms with E-state index in [1.807, 2.05) is 32.0 Å². The number of rotatable bonds is 7. The SMILES string of the molecule is CCn1nc(C)cc1C(=O)Nc1cccc(OCC(=O)Nc2ccccc2)c1. The van der Waals surface area contributed by atoms with Crippen LogP contribution < -0.4 is 15.4 Å². The predicted molar refractivity (Wildman–Crippen MR) is 108 cm³/mol. The average Bonchev–Trinajstić information content (AvgIpc) is 3.08. The van der Waals surface area contributed by atoms with Crippen LogP contribution in [-0.2, 0) is 11.3 Å². The normalized spacial score (nSPS) is 10.4. The first-order valence-corrected chi connectivity index (χ1v) is 8.98. The summed E-state index contributed by atoms with van der Waals surface area (Å²) in [5, 5.41) is 9.87. The van der Waals surface area contributed by atoms with Crippen molar-refractivity contribution in [2.45, 2.75) is 20.4 Å². The lowest BCUT2D eigenvalue weighted by molar-refractivity contribution is -0.118. The zero-order valence-electron chi connectivity index (χ0n) is 15.8. The average molecular weight is 378 g/mol. The third kappa shape index (κ3) is 4.97. The molecule has 144 valence electrons. The van der Waals surface area contributed by atoms with E-state index >= 15 is 0 Å². The first-order chi connectivity index (χ1) is 13.5. The Balaban J connectivity index is 1.59. The van der Waals surface area contributed by atoms with Crippen molar-refractivity contribution in [3.63, 3.8) is 0 Å². The molecule has 1 heterocycles. The summed E-state index contributed by atoms with van der Waals surface area (Å²) >= 11 is 0. The maximum Gasteiger partial charge on any atom is 0.273 e. The lowest BCUT2D eigenvalue weighted by Gasteiger charge is -2.10. The van der Waals surface area contributed by atoms with Gasteiger partial charge in [0.15, 0.2) is 6.61 Å². The maximum absolute atomic E-state index is 12.5. The fourth-order valence-electron chi connectivity index (χ4n) is 2.70. The molecule has 0 aliphatic heterocycles. The summed E-state index contributed by atoms with van der Waals surface area (Å²) in [4.78, 5) is 24.5. The van der Waals surface area contributed by atoms with Crippen LogP contribution in [0.4, 0.5) is 11.4 Å². The number of ether oxygens (including phenoxy) is 1. The van der Waals surface area contributed by atoms with E-state index in [-0.39, 0.29) is 18.4 Å². The van der Waals surface area contributed by atoms with Crippen LogP contribution >= 0.6 is 0 Å². The molecule has 0 radical (unpaired) electrons. The molecule has 7 heteroatoms. The highest BCUT2D eigenvalue weighted by molar-refractivity contribution is 6.03. The second kappa shape index (κ2) is 8.85. The van der Waals surface area contributed by atoms with Gasteiger partial charge in [-0.05, 0) is 44.2 Å². The van der Waals surface area contributed by atoms with E-state index in [1.54, 1.807) is 47.1 Å². The van der Waals surface area contributed by atoms with Gasteiger partial charge in [0, 0.05) is 24.0 Å². The molecular weight excluding hydrogens is 356 g/mol. The van der Waals surface area contributed by atoms with E-state index in [0.717, 1.165) is 5.69 Å². The number of anilines is 2. The van der Waals surface area contributed by atoms with Crippen LogP contribution in [0.1, 0.15) is 23.1 Å². The molecule has 0 fully saturated rings. The van der Waals surface area contributed by atoms with Crippen molar-refractivity contribution in [1.82, 2.24) is 9.78 Å². The smallest absolute Gasteiger partial charge is 0.273 e. The van der Waals surface area contributed by atoms with Gasteiger partial charge in [-0.25, -0.2) is 0 Å². The van der Waals surface area contributed by atoms with Crippen LogP contribution in [-0.4, -0.2) is 28.2 Å². The van der Waals surface area contributed by atoms with Gasteiger partial charge in [0.1, 0.15) is 11.4 Å². The molecule has 7 nitrogen and oxygen atoms in total. The zero-order chi connectivity index (χ0) is 19.9. The highest BCUT2D eigenvalue weighted by atomic mass is 16.5. The first-order valence-electron chi connectivity index (χ1n) is 8.98. The summed E-state index contributed by atoms with van der Waals surface area (Å²) in [7, 11) is 0. The molecule has 0 saturated heterocycles. The lowest BCUT2D eigenvalue weighted by Crippen LogP contribution is -2.20. The van der Waals surface area contributed by atoms with Crippen molar-refractivity contribution < 1.29 is 14.3 Å². The third-order valence-corrected chi connectivity index (χ3v) is 3.95. The Hall–Kier alpha value is -3.61. The third-order valence-electron chi connectivity index (χ3n) is 3.95. The van der Waals surface area contributed by atoms with Crippen LogP contribution in [0.5, 0.6) is 5.75 Å². The number of nitrogens with one attached hydrogen (secondary N) is 2. The second-order valence-electron chi connectivity index (χ2n) is 6.17. The largest absolute Gasteiger partial charge is 0.484 e. The maximum atomic E-state index is 12.5. The van der Waals surface area contributed by atoms with Crippen molar-refractivity contribution in [3.8, 4) is 5.75 Å². The van der Waals surface area contributed by atoms with Crippen molar-refractivity contribution in [2.75, 3.05) is 17.2 Å². The van der Waals surface area contributed by atoms with Gasteiger partial charge in [0.05, 0.1) is 5.69 Å². The Labute approximate surface area is 163 Å². The fraction of sp³-hybridized carbons (Fsp3) is 0.190. The van der Waals surface area contributed by atoms with E-state index in [4.69, 9.17) is 4.74 Å². The topological polar surface area (TPSA) is 85.2 Å². The molecule has 1 aromatic heterocycles. The van der Waals surface area contributed by atoms with Gasteiger partial charge in [-0.2, -0.15) is 5.10 Å². The molecular formula is C21H22N4O3. The van der Waals surface area contributed by atoms with E-state index in [1.165, 1.54) is 0 Å². The van der Waals surface area contributed by atoms with Crippen molar-refractivity contribution in [1.29, 1.82) is 0 Å². The van der Waals surface area contributed by atoms with Gasteiger partial charge < -0.3 is 15.4 Å². The molecule has 3 rings (SSSR count). The Bertz CT molecular complexity index is 967. The van der Waals surface area contributed by atoms with Crippen molar-refractivity contribution in [2.24, 2.45) is 0 Å². The standard InChI is InChI=1S/C21H22N4O3/c1-3-25-19(12-15(2)24-25)21(27)23-17-10-7-11-18(13-17)28-14-20(26)22-16-8-5-4-6-9-16/h4-13H,3,14H2,1-2H3,(H,22,26)(H,23,27). The van der Waals surface area contributed by atoms with E-state index in [9.17, 15) is 9.59 Å². The molecule has 2 aromatic carbocycles. The Morgan fingerprint density at radius 3 is 2.50 bits per heavy atom. The van der Waals surface area contributed by atoms with Gasteiger partial charge in [-0.3, -0.25) is 14.3 Å². The fourth-order valence-corrected chi connectivity index (χ4v) is 2.70. The highest BCUT2D eigenvalue weighted by Gasteiger charge is 2.13. The minimum absolute atomic E-state index is 0.131.